The summed E-state index contributed by atoms with van der Waals surface area (Å²) in [5.74, 6) is 2.00. The van der Waals surface area contributed by atoms with Crippen LogP contribution in [-0.2, 0) is 17.0 Å². The summed E-state index contributed by atoms with van der Waals surface area (Å²) in [6, 6.07) is 3.83. The molecule has 2 aliphatic rings. The van der Waals surface area contributed by atoms with E-state index < -0.39 is 0 Å². The number of ether oxygens (including phenoxy) is 1. The molecule has 0 radical (unpaired) electrons. The van der Waals surface area contributed by atoms with Crippen LogP contribution in [0.5, 0.6) is 0 Å². The average Bonchev–Trinajstić information content (AvgIpc) is 3.27. The number of carbonyl (C=O) groups excluding carboxylic acids is 1. The van der Waals surface area contributed by atoms with Crippen LogP contribution in [0, 0.1) is 0 Å². The topological polar surface area (TPSA) is 61.1 Å². The van der Waals surface area contributed by atoms with Gasteiger partial charge in [0.05, 0.1) is 30.9 Å². The quantitative estimate of drug-likeness (QED) is 0.927. The maximum atomic E-state index is 12.6. The van der Waals surface area contributed by atoms with Crippen LogP contribution in [0.15, 0.2) is 30.7 Å². The van der Waals surface area contributed by atoms with Crippen LogP contribution in [0.4, 0.5) is 0 Å². The zero-order valence-corrected chi connectivity index (χ0v) is 13.0. The van der Waals surface area contributed by atoms with Crippen LogP contribution in [0.2, 0.25) is 0 Å². The molecule has 0 saturated carbocycles. The van der Waals surface area contributed by atoms with Crippen molar-refractivity contribution in [3.05, 3.63) is 42.0 Å². The molecule has 0 bridgehead atoms. The number of rotatable bonds is 3. The number of nitrogens with zero attached hydrogens (tertiary/aromatic N) is 3. The Kier molecular flexibility index (Phi) is 3.67. The van der Waals surface area contributed by atoms with E-state index >= 15 is 0 Å². The fourth-order valence-electron chi connectivity index (χ4n) is 3.08. The summed E-state index contributed by atoms with van der Waals surface area (Å²) in [4.78, 5) is 12.6. The molecule has 0 aromatic carbocycles. The van der Waals surface area contributed by atoms with Gasteiger partial charge in [-0.3, -0.25) is 9.48 Å². The van der Waals surface area contributed by atoms with Crippen molar-refractivity contribution in [1.29, 1.82) is 0 Å². The summed E-state index contributed by atoms with van der Waals surface area (Å²) in [6.07, 6.45) is 5.67. The van der Waals surface area contributed by atoms with Crippen molar-refractivity contribution in [2.45, 2.75) is 24.4 Å². The van der Waals surface area contributed by atoms with Crippen LogP contribution >= 0.6 is 11.8 Å². The normalized spacial score (nSPS) is 24.2. The second kappa shape index (κ2) is 5.81. The fourth-order valence-corrected chi connectivity index (χ4v) is 4.06. The number of fused-ring (bicyclic) bond motifs is 1. The molecule has 2 aliphatic heterocycles. The van der Waals surface area contributed by atoms with E-state index in [9.17, 15) is 4.79 Å². The third-order valence-electron chi connectivity index (χ3n) is 4.27. The first-order chi connectivity index (χ1) is 10.8. The number of carbonyl (C=O) groups is 1. The highest BCUT2D eigenvalue weighted by Gasteiger charge is 2.32. The molecule has 6 nitrogen and oxygen atoms in total. The molecule has 1 saturated heterocycles. The summed E-state index contributed by atoms with van der Waals surface area (Å²) in [7, 11) is 0. The highest BCUT2D eigenvalue weighted by molar-refractivity contribution is 7.98. The van der Waals surface area contributed by atoms with Gasteiger partial charge in [0.25, 0.3) is 5.91 Å². The van der Waals surface area contributed by atoms with Crippen molar-refractivity contribution in [3.8, 4) is 0 Å². The van der Waals surface area contributed by atoms with E-state index in [1.807, 2.05) is 41.0 Å². The second-order valence-electron chi connectivity index (χ2n) is 5.59. The number of hydrogen-bond acceptors (Lipinski definition) is 4. The molecule has 7 heteroatoms. The Labute approximate surface area is 132 Å². The number of aryl methyl sites for hydroxylation is 1. The van der Waals surface area contributed by atoms with E-state index in [0.29, 0.717) is 13.2 Å². The van der Waals surface area contributed by atoms with E-state index in [2.05, 4.69) is 15.0 Å². The van der Waals surface area contributed by atoms with Crippen molar-refractivity contribution in [1.82, 2.24) is 19.7 Å². The van der Waals surface area contributed by atoms with Crippen LogP contribution in [-0.4, -0.2) is 45.3 Å². The summed E-state index contributed by atoms with van der Waals surface area (Å²) < 4.78 is 9.59. The molecule has 1 fully saturated rings. The lowest BCUT2D eigenvalue weighted by atomic mass is 10.1. The molecule has 1 N–H and O–H groups in total. The lowest BCUT2D eigenvalue weighted by Crippen LogP contribution is -2.41. The molecule has 22 heavy (non-hydrogen) atoms. The van der Waals surface area contributed by atoms with Gasteiger partial charge in [-0.1, -0.05) is 0 Å². The van der Waals surface area contributed by atoms with Gasteiger partial charge in [0.15, 0.2) is 0 Å². The molecule has 0 spiro atoms. The van der Waals surface area contributed by atoms with E-state index in [1.165, 1.54) is 0 Å². The third kappa shape index (κ3) is 2.44. The first kappa shape index (κ1) is 13.9. The smallest absolute Gasteiger partial charge is 0.253 e. The maximum Gasteiger partial charge on any atom is 0.253 e. The van der Waals surface area contributed by atoms with Gasteiger partial charge in [0.1, 0.15) is 0 Å². The van der Waals surface area contributed by atoms with Crippen LogP contribution in [0.3, 0.4) is 0 Å². The van der Waals surface area contributed by atoms with E-state index in [4.69, 9.17) is 4.74 Å². The Balaban J connectivity index is 1.51. The lowest BCUT2D eigenvalue weighted by Gasteiger charge is -2.20. The van der Waals surface area contributed by atoms with Crippen molar-refractivity contribution >= 4 is 17.7 Å². The molecule has 2 aromatic rings. The molecule has 2 aromatic heterocycles. The van der Waals surface area contributed by atoms with Gasteiger partial charge < -0.3 is 14.6 Å². The number of nitrogens with one attached hydrogen (secondary N) is 1. The molecular weight excluding hydrogens is 300 g/mol. The molecule has 116 valence electrons. The highest BCUT2D eigenvalue weighted by Crippen LogP contribution is 2.24. The van der Waals surface area contributed by atoms with Gasteiger partial charge >= 0.3 is 0 Å². The Morgan fingerprint density at radius 2 is 2.36 bits per heavy atom. The maximum absolute atomic E-state index is 12.6. The van der Waals surface area contributed by atoms with E-state index in [-0.39, 0.29) is 18.0 Å². The molecule has 4 rings (SSSR count). The zero-order valence-electron chi connectivity index (χ0n) is 12.1. The zero-order chi connectivity index (χ0) is 14.9. The van der Waals surface area contributed by atoms with Crippen molar-refractivity contribution in [2.75, 3.05) is 19.0 Å². The number of hydrogen-bond donors (Lipinski definition) is 1. The molecular formula is C15H18N4O2S. The Bertz CT molecular complexity index is 667. The highest BCUT2D eigenvalue weighted by atomic mass is 32.2. The predicted octanol–water partition coefficient (Wildman–Crippen LogP) is 1.30. The van der Waals surface area contributed by atoms with Gasteiger partial charge in [-0.2, -0.15) is 16.9 Å². The number of thioether (sulfide) groups is 1. The van der Waals surface area contributed by atoms with Gasteiger partial charge in [0.2, 0.25) is 0 Å². The van der Waals surface area contributed by atoms with Gasteiger partial charge in [-0.25, -0.2) is 0 Å². The second-order valence-corrected chi connectivity index (χ2v) is 6.70. The Morgan fingerprint density at radius 1 is 1.41 bits per heavy atom. The van der Waals surface area contributed by atoms with Crippen LogP contribution in [0.1, 0.15) is 22.1 Å². The SMILES string of the molecule is O=C(N[C@@H]1COC[C@@H]1n1cccn1)c1ccn2c1CSCC2. The monoisotopic (exact) mass is 318 g/mol. The largest absolute Gasteiger partial charge is 0.377 e. The minimum Gasteiger partial charge on any atom is -0.377 e. The molecule has 1 amide bonds. The lowest BCUT2D eigenvalue weighted by molar-refractivity contribution is 0.0924. The van der Waals surface area contributed by atoms with E-state index in [0.717, 1.165) is 29.3 Å². The van der Waals surface area contributed by atoms with E-state index in [1.54, 1.807) is 6.20 Å². The molecule has 0 aliphatic carbocycles. The fraction of sp³-hybridized carbons (Fsp3) is 0.467. The summed E-state index contributed by atoms with van der Waals surface area (Å²) >= 11 is 1.88. The summed E-state index contributed by atoms with van der Waals surface area (Å²) in [6.45, 7) is 2.09. The summed E-state index contributed by atoms with van der Waals surface area (Å²) in [5, 5.41) is 7.39. The van der Waals surface area contributed by atoms with Gasteiger partial charge in [0, 0.05) is 42.3 Å². The minimum absolute atomic E-state index is 0.0103. The standard InChI is InChI=1S/C15H18N4O2S/c20-15(11-2-5-18-6-7-22-10-14(11)18)17-12-8-21-9-13(12)19-4-1-3-16-19/h1-5,12-13H,6-10H2,(H,17,20)/t12-,13+/m1/s1. The van der Waals surface area contributed by atoms with Gasteiger partial charge in [-0.05, 0) is 12.1 Å². The van der Waals surface area contributed by atoms with Crippen molar-refractivity contribution < 1.29 is 9.53 Å². The first-order valence-corrected chi connectivity index (χ1v) is 8.62. The molecule has 2 atom stereocenters. The average molecular weight is 318 g/mol. The minimum atomic E-state index is -0.0424. The Hall–Kier alpha value is -1.73. The molecule has 0 unspecified atom stereocenters. The summed E-state index contributed by atoms with van der Waals surface area (Å²) in [5.41, 5.74) is 1.92. The molecule has 4 heterocycles. The predicted molar refractivity (Wildman–Crippen MR) is 83.9 cm³/mol. The van der Waals surface area contributed by atoms with Gasteiger partial charge in [-0.15, -0.1) is 0 Å². The number of aromatic nitrogens is 3. The Morgan fingerprint density at radius 3 is 3.23 bits per heavy atom. The van der Waals surface area contributed by atoms with Crippen molar-refractivity contribution in [2.24, 2.45) is 0 Å². The van der Waals surface area contributed by atoms with Crippen LogP contribution in [0.25, 0.3) is 0 Å². The third-order valence-corrected chi connectivity index (χ3v) is 5.22. The van der Waals surface area contributed by atoms with Crippen LogP contribution < -0.4 is 5.32 Å². The number of amides is 1. The van der Waals surface area contributed by atoms with Crippen molar-refractivity contribution in [3.63, 3.8) is 0 Å². The first-order valence-electron chi connectivity index (χ1n) is 7.46.